The molecule has 0 bridgehead atoms. The van der Waals surface area contributed by atoms with Crippen LogP contribution in [0.2, 0.25) is 0 Å². The number of β-lactam (4-membered cyclic amide) rings is 1. The van der Waals surface area contributed by atoms with Crippen molar-refractivity contribution in [3.63, 3.8) is 0 Å². The van der Waals surface area contributed by atoms with Gasteiger partial charge in [0.1, 0.15) is 0 Å². The van der Waals surface area contributed by atoms with Crippen molar-refractivity contribution in [1.29, 1.82) is 0 Å². The summed E-state index contributed by atoms with van der Waals surface area (Å²) in [5.41, 5.74) is 1.32. The van der Waals surface area contributed by atoms with Gasteiger partial charge in [-0.1, -0.05) is 50.1 Å². The summed E-state index contributed by atoms with van der Waals surface area (Å²) in [6.07, 6.45) is 5.39. The molecular formula is C15H21NO. The van der Waals surface area contributed by atoms with Crippen LogP contribution in [0, 0.1) is 0 Å². The highest BCUT2D eigenvalue weighted by atomic mass is 16.2. The Labute approximate surface area is 104 Å². The maximum absolute atomic E-state index is 11.6. The van der Waals surface area contributed by atoms with Gasteiger partial charge >= 0.3 is 0 Å². The average Bonchev–Trinajstić information content (AvgIpc) is 2.35. The molecule has 92 valence electrons. The van der Waals surface area contributed by atoms with E-state index in [1.165, 1.54) is 24.8 Å². The molecule has 1 amide bonds. The van der Waals surface area contributed by atoms with E-state index in [9.17, 15) is 4.79 Å². The van der Waals surface area contributed by atoms with Gasteiger partial charge in [0.15, 0.2) is 0 Å². The van der Waals surface area contributed by atoms with Gasteiger partial charge in [-0.05, 0) is 18.4 Å². The fourth-order valence-electron chi connectivity index (χ4n) is 2.42. The Bertz CT molecular complexity index is 360. The van der Waals surface area contributed by atoms with E-state index in [-0.39, 0.29) is 0 Å². The molecule has 1 aliphatic rings. The molecule has 1 aliphatic heterocycles. The van der Waals surface area contributed by atoms with Gasteiger partial charge in [0.05, 0.1) is 0 Å². The number of likely N-dealkylation sites (tertiary alicyclic amines) is 1. The van der Waals surface area contributed by atoms with Crippen LogP contribution in [0.5, 0.6) is 0 Å². The van der Waals surface area contributed by atoms with Crippen LogP contribution in [-0.4, -0.2) is 23.4 Å². The monoisotopic (exact) mass is 231 g/mol. The normalized spacial score (nSPS) is 19.2. The Morgan fingerprint density at radius 3 is 2.71 bits per heavy atom. The SMILES string of the molecule is CCCCC1CC(=O)N1CCc1ccccc1. The molecule has 17 heavy (non-hydrogen) atoms. The Kier molecular flexibility index (Phi) is 4.18. The van der Waals surface area contributed by atoms with E-state index in [1.54, 1.807) is 0 Å². The summed E-state index contributed by atoms with van der Waals surface area (Å²) in [4.78, 5) is 13.6. The van der Waals surface area contributed by atoms with Crippen molar-refractivity contribution in [2.75, 3.05) is 6.54 Å². The predicted molar refractivity (Wildman–Crippen MR) is 69.8 cm³/mol. The van der Waals surface area contributed by atoms with Crippen molar-refractivity contribution in [2.45, 2.75) is 45.1 Å². The van der Waals surface area contributed by atoms with Crippen LogP contribution in [0.25, 0.3) is 0 Å². The number of benzene rings is 1. The number of nitrogens with zero attached hydrogens (tertiary/aromatic N) is 1. The van der Waals surface area contributed by atoms with Gasteiger partial charge in [0.2, 0.25) is 5.91 Å². The van der Waals surface area contributed by atoms with Crippen molar-refractivity contribution in [3.05, 3.63) is 35.9 Å². The number of rotatable bonds is 6. The highest BCUT2D eigenvalue weighted by molar-refractivity contribution is 5.83. The number of hydrogen-bond donors (Lipinski definition) is 0. The summed E-state index contributed by atoms with van der Waals surface area (Å²) in [7, 11) is 0. The van der Waals surface area contributed by atoms with Gasteiger partial charge in [-0.15, -0.1) is 0 Å². The van der Waals surface area contributed by atoms with Crippen molar-refractivity contribution >= 4 is 5.91 Å². The summed E-state index contributed by atoms with van der Waals surface area (Å²) in [6, 6.07) is 10.9. The molecule has 1 heterocycles. The zero-order valence-electron chi connectivity index (χ0n) is 10.6. The average molecular weight is 231 g/mol. The highest BCUT2D eigenvalue weighted by Gasteiger charge is 2.34. The molecule has 1 fully saturated rings. The van der Waals surface area contributed by atoms with Crippen LogP contribution >= 0.6 is 0 Å². The molecule has 0 aliphatic carbocycles. The van der Waals surface area contributed by atoms with Crippen LogP contribution in [0.1, 0.15) is 38.2 Å². The topological polar surface area (TPSA) is 20.3 Å². The second kappa shape index (κ2) is 5.85. The minimum absolute atomic E-state index is 0.335. The first-order chi connectivity index (χ1) is 8.31. The maximum Gasteiger partial charge on any atom is 0.224 e. The molecule has 1 aromatic carbocycles. The van der Waals surface area contributed by atoms with E-state index in [0.717, 1.165) is 19.4 Å². The zero-order chi connectivity index (χ0) is 12.1. The summed E-state index contributed by atoms with van der Waals surface area (Å²) in [5.74, 6) is 0.335. The Morgan fingerprint density at radius 1 is 1.29 bits per heavy atom. The van der Waals surface area contributed by atoms with Crippen molar-refractivity contribution in [1.82, 2.24) is 4.90 Å². The molecule has 0 spiro atoms. The highest BCUT2D eigenvalue weighted by Crippen LogP contribution is 2.24. The molecule has 0 N–H and O–H groups in total. The van der Waals surface area contributed by atoms with E-state index in [4.69, 9.17) is 0 Å². The molecule has 0 aromatic heterocycles. The van der Waals surface area contributed by atoms with E-state index in [2.05, 4.69) is 36.1 Å². The minimum Gasteiger partial charge on any atom is -0.339 e. The third-order valence-electron chi connectivity index (χ3n) is 3.55. The zero-order valence-corrected chi connectivity index (χ0v) is 10.6. The van der Waals surface area contributed by atoms with Crippen molar-refractivity contribution < 1.29 is 4.79 Å². The third kappa shape index (κ3) is 3.09. The van der Waals surface area contributed by atoms with Gasteiger partial charge < -0.3 is 4.90 Å². The van der Waals surface area contributed by atoms with Crippen LogP contribution in [0.15, 0.2) is 30.3 Å². The van der Waals surface area contributed by atoms with E-state index >= 15 is 0 Å². The van der Waals surface area contributed by atoms with Crippen molar-refractivity contribution in [3.8, 4) is 0 Å². The fourth-order valence-corrected chi connectivity index (χ4v) is 2.42. The molecule has 1 aromatic rings. The number of unbranched alkanes of at least 4 members (excludes halogenated alkanes) is 1. The number of carbonyl (C=O) groups is 1. The van der Waals surface area contributed by atoms with Gasteiger partial charge in [0.25, 0.3) is 0 Å². The lowest BCUT2D eigenvalue weighted by Gasteiger charge is -2.40. The second-order valence-corrected chi connectivity index (χ2v) is 4.82. The maximum atomic E-state index is 11.6. The van der Waals surface area contributed by atoms with Crippen LogP contribution in [0.4, 0.5) is 0 Å². The fraction of sp³-hybridized carbons (Fsp3) is 0.533. The molecule has 1 saturated heterocycles. The number of hydrogen-bond acceptors (Lipinski definition) is 1. The lowest BCUT2D eigenvalue weighted by Crippen LogP contribution is -2.53. The Morgan fingerprint density at radius 2 is 2.06 bits per heavy atom. The molecule has 2 nitrogen and oxygen atoms in total. The van der Waals surface area contributed by atoms with Gasteiger partial charge in [-0.25, -0.2) is 0 Å². The number of amides is 1. The first kappa shape index (κ1) is 12.2. The molecule has 2 rings (SSSR count). The lowest BCUT2D eigenvalue weighted by atomic mass is 9.95. The van der Waals surface area contributed by atoms with Crippen molar-refractivity contribution in [2.24, 2.45) is 0 Å². The summed E-state index contributed by atoms with van der Waals surface area (Å²) in [5, 5.41) is 0. The summed E-state index contributed by atoms with van der Waals surface area (Å²) >= 11 is 0. The minimum atomic E-state index is 0.335. The molecule has 0 saturated carbocycles. The summed E-state index contributed by atoms with van der Waals surface area (Å²) < 4.78 is 0. The Hall–Kier alpha value is -1.31. The largest absolute Gasteiger partial charge is 0.339 e. The molecule has 1 unspecified atom stereocenters. The smallest absolute Gasteiger partial charge is 0.224 e. The quantitative estimate of drug-likeness (QED) is 0.689. The van der Waals surface area contributed by atoms with Crippen LogP contribution < -0.4 is 0 Å². The molecule has 1 atom stereocenters. The first-order valence-corrected chi connectivity index (χ1v) is 6.64. The lowest BCUT2D eigenvalue weighted by molar-refractivity contribution is -0.146. The van der Waals surface area contributed by atoms with Gasteiger partial charge in [-0.2, -0.15) is 0 Å². The first-order valence-electron chi connectivity index (χ1n) is 6.64. The van der Waals surface area contributed by atoms with E-state index < -0.39 is 0 Å². The van der Waals surface area contributed by atoms with Gasteiger partial charge in [0, 0.05) is 19.0 Å². The van der Waals surface area contributed by atoms with E-state index in [1.807, 2.05) is 6.07 Å². The predicted octanol–water partition coefficient (Wildman–Crippen LogP) is 3.02. The number of carbonyl (C=O) groups excluding carboxylic acids is 1. The molecule has 0 radical (unpaired) electrons. The Balaban J connectivity index is 1.79. The third-order valence-corrected chi connectivity index (χ3v) is 3.55. The summed E-state index contributed by atoms with van der Waals surface area (Å²) in [6.45, 7) is 3.09. The van der Waals surface area contributed by atoms with Crippen LogP contribution in [0.3, 0.4) is 0 Å². The molecule has 2 heteroatoms. The van der Waals surface area contributed by atoms with Crippen LogP contribution in [-0.2, 0) is 11.2 Å². The second-order valence-electron chi connectivity index (χ2n) is 4.82. The molecular weight excluding hydrogens is 210 g/mol. The standard InChI is InChI=1S/C15H21NO/c1-2-3-9-14-12-15(17)16(14)11-10-13-7-5-4-6-8-13/h4-8,14H,2-3,9-12H2,1H3. The van der Waals surface area contributed by atoms with Gasteiger partial charge in [-0.3, -0.25) is 4.79 Å². The van der Waals surface area contributed by atoms with E-state index in [0.29, 0.717) is 11.9 Å².